The molecule has 0 aromatic heterocycles. The third-order valence-electron chi connectivity index (χ3n) is 1.79. The lowest BCUT2D eigenvalue weighted by atomic mass is 10.4. The minimum absolute atomic E-state index is 0.397. The molecule has 2 atom stereocenters. The highest BCUT2D eigenvalue weighted by molar-refractivity contribution is 9.10. The van der Waals surface area contributed by atoms with Crippen LogP contribution in [0.1, 0.15) is 6.92 Å². The zero-order valence-electron chi connectivity index (χ0n) is 8.51. The van der Waals surface area contributed by atoms with Gasteiger partial charge >= 0.3 is 0 Å². The number of nitrogens with zero attached hydrogens (tertiary/aromatic N) is 1. The van der Waals surface area contributed by atoms with Gasteiger partial charge in [-0.3, -0.25) is 4.79 Å². The first-order valence-corrected chi connectivity index (χ1v) is 7.22. The molecule has 0 spiro atoms. The molecule has 0 radical (unpaired) electrons. The summed E-state index contributed by atoms with van der Waals surface area (Å²) in [5.74, 6) is -0.397. The molecule has 0 saturated heterocycles. The summed E-state index contributed by atoms with van der Waals surface area (Å²) in [5, 5.41) is 0. The number of benzene rings is 1. The Morgan fingerprint density at radius 2 is 1.93 bits per heavy atom. The number of halogens is 1. The van der Waals surface area contributed by atoms with Gasteiger partial charge in [-0.2, -0.15) is 4.36 Å². The summed E-state index contributed by atoms with van der Waals surface area (Å²) >= 11 is 3.10. The largest absolute Gasteiger partial charge is 0.271 e. The van der Waals surface area contributed by atoms with Gasteiger partial charge in [-0.1, -0.05) is 34.1 Å². The molecule has 1 aromatic carbocycles. The second-order valence-electron chi connectivity index (χ2n) is 3.16. The fraction of sp³-hybridized carbons (Fsp3) is 0.300. The lowest BCUT2D eigenvalue weighted by Gasteiger charge is -2.03. The number of carbonyl (C=O) groups excluding carboxylic acids is 1. The van der Waals surface area contributed by atoms with E-state index in [0.29, 0.717) is 4.90 Å². The first-order valence-electron chi connectivity index (χ1n) is 4.38. The number of amides is 1. The highest BCUT2D eigenvalue weighted by Gasteiger charge is 2.12. The van der Waals surface area contributed by atoms with Crippen molar-refractivity contribution in [2.24, 2.45) is 4.36 Å². The Labute approximate surface area is 98.2 Å². The first-order chi connectivity index (χ1) is 6.93. The molecule has 5 heteroatoms. The van der Waals surface area contributed by atoms with Crippen molar-refractivity contribution in [1.82, 2.24) is 0 Å². The van der Waals surface area contributed by atoms with Crippen molar-refractivity contribution in [2.45, 2.75) is 16.6 Å². The lowest BCUT2D eigenvalue weighted by Crippen LogP contribution is -2.10. The number of hydrogen-bond donors (Lipinski definition) is 0. The molecule has 0 aliphatic carbocycles. The maximum atomic E-state index is 12.1. The molecule has 0 fully saturated rings. The lowest BCUT2D eigenvalue weighted by molar-refractivity contribution is -0.116. The molecule has 0 aliphatic rings. The normalized spacial score (nSPS) is 16.5. The maximum absolute atomic E-state index is 12.1. The van der Waals surface area contributed by atoms with E-state index in [1.165, 1.54) is 6.26 Å². The molecule has 3 nitrogen and oxygen atoms in total. The van der Waals surface area contributed by atoms with Crippen LogP contribution < -0.4 is 0 Å². The third-order valence-corrected chi connectivity index (χ3v) is 3.85. The summed E-state index contributed by atoms with van der Waals surface area (Å²) in [5.41, 5.74) is 0. The minimum atomic E-state index is -2.61. The van der Waals surface area contributed by atoms with Crippen LogP contribution in [0, 0.1) is 0 Å². The van der Waals surface area contributed by atoms with Crippen molar-refractivity contribution in [3.05, 3.63) is 30.3 Å². The molecule has 0 N–H and O–H groups in total. The Balaban J connectivity index is 3.14. The highest BCUT2D eigenvalue weighted by atomic mass is 79.9. The van der Waals surface area contributed by atoms with E-state index in [0.717, 1.165) is 0 Å². The average molecular weight is 290 g/mol. The average Bonchev–Trinajstić information content (AvgIpc) is 2.18. The SMILES string of the molecule is CC(Br)C(=O)N=S(C)(=O)c1ccccc1. The van der Waals surface area contributed by atoms with Gasteiger partial charge in [0.25, 0.3) is 5.91 Å². The van der Waals surface area contributed by atoms with Crippen molar-refractivity contribution in [3.63, 3.8) is 0 Å². The summed E-state index contributed by atoms with van der Waals surface area (Å²) in [6.45, 7) is 1.66. The van der Waals surface area contributed by atoms with E-state index in [1.807, 2.05) is 6.07 Å². The molecule has 82 valence electrons. The summed E-state index contributed by atoms with van der Waals surface area (Å²) in [4.78, 5) is 11.5. The van der Waals surface area contributed by atoms with Gasteiger partial charge in [-0.15, -0.1) is 0 Å². The summed E-state index contributed by atoms with van der Waals surface area (Å²) in [6.07, 6.45) is 1.47. The fourth-order valence-corrected chi connectivity index (χ4v) is 2.48. The van der Waals surface area contributed by atoms with Crippen molar-refractivity contribution in [3.8, 4) is 0 Å². The quantitative estimate of drug-likeness (QED) is 0.785. The van der Waals surface area contributed by atoms with E-state index in [1.54, 1.807) is 31.2 Å². The van der Waals surface area contributed by atoms with E-state index in [-0.39, 0.29) is 0 Å². The topological polar surface area (TPSA) is 46.5 Å². The van der Waals surface area contributed by atoms with Gasteiger partial charge in [0.2, 0.25) is 0 Å². The van der Waals surface area contributed by atoms with Gasteiger partial charge in [0.1, 0.15) is 0 Å². The maximum Gasteiger partial charge on any atom is 0.267 e. The van der Waals surface area contributed by atoms with Crippen LogP contribution in [0.5, 0.6) is 0 Å². The Morgan fingerprint density at radius 1 is 1.40 bits per heavy atom. The van der Waals surface area contributed by atoms with Gasteiger partial charge in [0.05, 0.1) is 14.6 Å². The molecule has 1 rings (SSSR count). The van der Waals surface area contributed by atoms with E-state index in [9.17, 15) is 9.00 Å². The van der Waals surface area contributed by atoms with Gasteiger partial charge < -0.3 is 0 Å². The molecule has 0 saturated carbocycles. The van der Waals surface area contributed by atoms with Crippen LogP contribution in [0.2, 0.25) is 0 Å². The molecule has 0 heterocycles. The van der Waals surface area contributed by atoms with Crippen LogP contribution in [0.15, 0.2) is 39.6 Å². The molecule has 2 unspecified atom stereocenters. The van der Waals surface area contributed by atoms with Crippen molar-refractivity contribution < 1.29 is 9.00 Å². The Hall–Kier alpha value is -0.680. The standard InChI is InChI=1S/C10H12BrNO2S/c1-8(11)10(13)12-15(2,14)9-6-4-3-5-7-9/h3-8H,1-2H3. The molecule has 1 amide bonds. The van der Waals surface area contributed by atoms with Crippen LogP contribution in [-0.4, -0.2) is 21.2 Å². The summed E-state index contributed by atoms with van der Waals surface area (Å²) in [7, 11) is -2.61. The zero-order chi connectivity index (χ0) is 11.5. The molecule has 1 aromatic rings. The first kappa shape index (κ1) is 12.4. The smallest absolute Gasteiger partial charge is 0.267 e. The summed E-state index contributed by atoms with van der Waals surface area (Å²) < 4.78 is 15.8. The van der Waals surface area contributed by atoms with Crippen LogP contribution >= 0.6 is 15.9 Å². The third kappa shape index (κ3) is 3.43. The van der Waals surface area contributed by atoms with Crippen LogP contribution in [0.25, 0.3) is 0 Å². The van der Waals surface area contributed by atoms with Crippen LogP contribution in [-0.2, 0) is 14.5 Å². The predicted octanol–water partition coefficient (Wildman–Crippen LogP) is 2.45. The second-order valence-corrected chi connectivity index (χ2v) is 6.79. The van der Waals surface area contributed by atoms with Gasteiger partial charge in [0.15, 0.2) is 0 Å². The molecular formula is C10H12BrNO2S. The van der Waals surface area contributed by atoms with Gasteiger partial charge in [-0.05, 0) is 19.1 Å². The van der Waals surface area contributed by atoms with E-state index >= 15 is 0 Å². The van der Waals surface area contributed by atoms with Crippen LogP contribution in [0.4, 0.5) is 0 Å². The molecule has 0 bridgehead atoms. The molecule has 0 aliphatic heterocycles. The number of hydrogen-bond acceptors (Lipinski definition) is 2. The highest BCUT2D eigenvalue weighted by Crippen LogP contribution is 2.12. The van der Waals surface area contributed by atoms with Gasteiger partial charge in [0, 0.05) is 11.2 Å². The van der Waals surface area contributed by atoms with Crippen LogP contribution in [0.3, 0.4) is 0 Å². The monoisotopic (exact) mass is 289 g/mol. The van der Waals surface area contributed by atoms with E-state index in [4.69, 9.17) is 0 Å². The van der Waals surface area contributed by atoms with Gasteiger partial charge in [-0.25, -0.2) is 4.21 Å². The predicted molar refractivity (Wildman–Crippen MR) is 64.6 cm³/mol. The Bertz CT molecular complexity index is 462. The minimum Gasteiger partial charge on any atom is -0.271 e. The molecular weight excluding hydrogens is 278 g/mol. The van der Waals surface area contributed by atoms with E-state index in [2.05, 4.69) is 20.3 Å². The number of rotatable bonds is 2. The second kappa shape index (κ2) is 4.90. The fourth-order valence-electron chi connectivity index (χ4n) is 0.970. The van der Waals surface area contributed by atoms with Crippen molar-refractivity contribution >= 4 is 31.6 Å². The number of alkyl halides is 1. The Kier molecular flexibility index (Phi) is 4.04. The Morgan fingerprint density at radius 3 is 2.40 bits per heavy atom. The molecule has 15 heavy (non-hydrogen) atoms. The van der Waals surface area contributed by atoms with Crippen molar-refractivity contribution in [2.75, 3.05) is 6.26 Å². The number of carbonyl (C=O) groups is 1. The zero-order valence-corrected chi connectivity index (χ0v) is 10.9. The van der Waals surface area contributed by atoms with Crippen molar-refractivity contribution in [1.29, 1.82) is 0 Å². The summed E-state index contributed by atoms with van der Waals surface area (Å²) in [6, 6.07) is 8.79. The van der Waals surface area contributed by atoms with E-state index < -0.39 is 20.5 Å².